The Bertz CT molecular complexity index is 644. The number of carboxylic acid groups (broad SMARTS) is 1. The van der Waals surface area contributed by atoms with Gasteiger partial charge in [0.15, 0.2) is 0 Å². The maximum Gasteiger partial charge on any atom is 0.339 e. The number of para-hydroxylation sites is 1. The number of carbonyl (C=O) groups is 1. The smallest absolute Gasteiger partial charge is 0.339 e. The molecule has 1 aromatic heterocycles. The van der Waals surface area contributed by atoms with Gasteiger partial charge in [-0.2, -0.15) is 0 Å². The molecule has 0 aliphatic carbocycles. The predicted octanol–water partition coefficient (Wildman–Crippen LogP) is 3.31. The molecule has 118 valence electrons. The molecule has 1 aromatic carbocycles. The van der Waals surface area contributed by atoms with Crippen LogP contribution in [0.15, 0.2) is 35.7 Å². The summed E-state index contributed by atoms with van der Waals surface area (Å²) < 4.78 is 5.65. The molecule has 2 aromatic rings. The molecule has 1 aliphatic heterocycles. The van der Waals surface area contributed by atoms with Gasteiger partial charge in [0, 0.05) is 24.5 Å². The number of aromatic carboxylic acids is 1. The first-order chi connectivity index (χ1) is 10.2. The van der Waals surface area contributed by atoms with Gasteiger partial charge in [-0.15, -0.1) is 23.7 Å². The van der Waals surface area contributed by atoms with E-state index >= 15 is 0 Å². The first-order valence-corrected chi connectivity index (χ1v) is 7.85. The Labute approximate surface area is 139 Å². The minimum Gasteiger partial charge on any atom is -0.491 e. The van der Waals surface area contributed by atoms with Crippen molar-refractivity contribution in [3.63, 3.8) is 0 Å². The average molecular weight is 340 g/mol. The summed E-state index contributed by atoms with van der Waals surface area (Å²) in [6, 6.07) is 8.96. The van der Waals surface area contributed by atoms with Crippen molar-refractivity contribution in [2.75, 3.05) is 19.7 Å². The molecule has 3 rings (SSSR count). The van der Waals surface area contributed by atoms with Crippen LogP contribution in [0.4, 0.5) is 0 Å². The van der Waals surface area contributed by atoms with Crippen LogP contribution >= 0.6 is 23.7 Å². The summed E-state index contributed by atoms with van der Waals surface area (Å²) in [6.07, 6.45) is 1.10. The minimum absolute atomic E-state index is 0. The summed E-state index contributed by atoms with van der Waals surface area (Å²) in [6.45, 7) is 3.31. The summed E-state index contributed by atoms with van der Waals surface area (Å²) in [5.41, 5.74) is 1.63. The van der Waals surface area contributed by atoms with E-state index in [0.29, 0.717) is 12.4 Å². The Kier molecular flexibility index (Phi) is 5.83. The van der Waals surface area contributed by atoms with E-state index < -0.39 is 5.97 Å². The molecule has 0 spiro atoms. The third kappa shape index (κ3) is 3.80. The first-order valence-electron chi connectivity index (χ1n) is 6.97. The highest BCUT2D eigenvalue weighted by Crippen LogP contribution is 2.24. The number of hydrogen-bond donors (Lipinski definition) is 1. The SMILES string of the molecule is Cl.O=C(O)c1ccccc1OCCN1CCc2sccc2C1. The van der Waals surface area contributed by atoms with Crippen molar-refractivity contribution in [2.24, 2.45) is 0 Å². The molecule has 22 heavy (non-hydrogen) atoms. The highest BCUT2D eigenvalue weighted by Gasteiger charge is 2.17. The van der Waals surface area contributed by atoms with E-state index in [1.165, 1.54) is 10.4 Å². The van der Waals surface area contributed by atoms with Crippen molar-refractivity contribution in [3.8, 4) is 5.75 Å². The first kappa shape index (κ1) is 16.8. The fourth-order valence-electron chi connectivity index (χ4n) is 2.55. The Balaban J connectivity index is 0.00000176. The molecular weight excluding hydrogens is 322 g/mol. The van der Waals surface area contributed by atoms with Crippen LogP contribution < -0.4 is 4.74 Å². The van der Waals surface area contributed by atoms with Gasteiger partial charge in [-0.05, 0) is 35.6 Å². The zero-order valence-electron chi connectivity index (χ0n) is 12.0. The Morgan fingerprint density at radius 3 is 2.95 bits per heavy atom. The van der Waals surface area contributed by atoms with E-state index in [9.17, 15) is 4.79 Å². The van der Waals surface area contributed by atoms with Gasteiger partial charge in [0.05, 0.1) is 0 Å². The van der Waals surface area contributed by atoms with Gasteiger partial charge in [-0.1, -0.05) is 12.1 Å². The Hall–Kier alpha value is -1.56. The van der Waals surface area contributed by atoms with E-state index in [0.717, 1.165) is 26.1 Å². The quantitative estimate of drug-likeness (QED) is 0.908. The van der Waals surface area contributed by atoms with Crippen LogP contribution in [-0.2, 0) is 13.0 Å². The number of fused-ring (bicyclic) bond motifs is 1. The van der Waals surface area contributed by atoms with Crippen molar-refractivity contribution < 1.29 is 14.6 Å². The lowest BCUT2D eigenvalue weighted by atomic mass is 10.1. The van der Waals surface area contributed by atoms with Gasteiger partial charge in [-0.3, -0.25) is 4.90 Å². The highest BCUT2D eigenvalue weighted by atomic mass is 35.5. The van der Waals surface area contributed by atoms with Crippen molar-refractivity contribution in [2.45, 2.75) is 13.0 Å². The summed E-state index contributed by atoms with van der Waals surface area (Å²) in [4.78, 5) is 14.9. The number of nitrogens with zero attached hydrogens (tertiary/aromatic N) is 1. The standard InChI is InChI=1S/C16H17NO3S.ClH/c18-16(19)13-3-1-2-4-14(13)20-9-8-17-7-5-15-12(11-17)6-10-21-15;/h1-4,6,10H,5,7-9,11H2,(H,18,19);1H. The third-order valence-corrected chi connectivity index (χ3v) is 4.69. The van der Waals surface area contributed by atoms with Crippen LogP contribution in [0.2, 0.25) is 0 Å². The molecular formula is C16H18ClNO3S. The number of hydrogen-bond acceptors (Lipinski definition) is 4. The largest absolute Gasteiger partial charge is 0.491 e. The van der Waals surface area contributed by atoms with Gasteiger partial charge in [0.2, 0.25) is 0 Å². The second-order valence-electron chi connectivity index (χ2n) is 5.04. The fraction of sp³-hybridized carbons (Fsp3) is 0.312. The highest BCUT2D eigenvalue weighted by molar-refractivity contribution is 7.10. The summed E-state index contributed by atoms with van der Waals surface area (Å²) in [5.74, 6) is -0.510. The molecule has 6 heteroatoms. The molecule has 0 fully saturated rings. The number of benzene rings is 1. The monoisotopic (exact) mass is 339 g/mol. The second-order valence-corrected chi connectivity index (χ2v) is 6.05. The van der Waals surface area contributed by atoms with Gasteiger partial charge in [0.1, 0.15) is 17.9 Å². The number of halogens is 1. The topological polar surface area (TPSA) is 49.8 Å². The molecule has 0 saturated carbocycles. The summed E-state index contributed by atoms with van der Waals surface area (Å²) >= 11 is 1.83. The van der Waals surface area contributed by atoms with Gasteiger partial charge >= 0.3 is 5.97 Å². The predicted molar refractivity (Wildman–Crippen MR) is 89.4 cm³/mol. The zero-order valence-corrected chi connectivity index (χ0v) is 13.7. The molecule has 4 nitrogen and oxygen atoms in total. The average Bonchev–Trinajstić information content (AvgIpc) is 2.95. The molecule has 1 N–H and O–H groups in total. The lowest BCUT2D eigenvalue weighted by Gasteiger charge is -2.26. The lowest BCUT2D eigenvalue weighted by Crippen LogP contribution is -2.33. The van der Waals surface area contributed by atoms with E-state index in [2.05, 4.69) is 16.3 Å². The van der Waals surface area contributed by atoms with E-state index in [4.69, 9.17) is 9.84 Å². The summed E-state index contributed by atoms with van der Waals surface area (Å²) in [7, 11) is 0. The second kappa shape index (κ2) is 7.63. The van der Waals surface area contributed by atoms with Crippen LogP contribution in [0.25, 0.3) is 0 Å². The molecule has 1 aliphatic rings. The third-order valence-electron chi connectivity index (χ3n) is 3.67. The molecule has 0 unspecified atom stereocenters. The number of rotatable bonds is 5. The Morgan fingerprint density at radius 2 is 2.14 bits per heavy atom. The van der Waals surface area contributed by atoms with Gasteiger partial charge < -0.3 is 9.84 Å². The van der Waals surface area contributed by atoms with Gasteiger partial charge in [-0.25, -0.2) is 4.79 Å². The molecule has 0 atom stereocenters. The molecule has 2 heterocycles. The minimum atomic E-state index is -0.952. The fourth-order valence-corrected chi connectivity index (χ4v) is 3.44. The zero-order chi connectivity index (χ0) is 14.7. The van der Waals surface area contributed by atoms with Crippen molar-refractivity contribution in [1.82, 2.24) is 4.90 Å². The van der Waals surface area contributed by atoms with E-state index in [1.807, 2.05) is 11.3 Å². The maximum atomic E-state index is 11.1. The Morgan fingerprint density at radius 1 is 1.32 bits per heavy atom. The van der Waals surface area contributed by atoms with Crippen molar-refractivity contribution >= 4 is 29.7 Å². The van der Waals surface area contributed by atoms with E-state index in [1.54, 1.807) is 24.3 Å². The number of ether oxygens (including phenoxy) is 1. The lowest BCUT2D eigenvalue weighted by molar-refractivity contribution is 0.0691. The van der Waals surface area contributed by atoms with Crippen LogP contribution in [-0.4, -0.2) is 35.7 Å². The maximum absolute atomic E-state index is 11.1. The normalized spacial score (nSPS) is 14.0. The number of thiophene rings is 1. The molecule has 0 radical (unpaired) electrons. The van der Waals surface area contributed by atoms with Crippen molar-refractivity contribution in [1.29, 1.82) is 0 Å². The van der Waals surface area contributed by atoms with Gasteiger partial charge in [0.25, 0.3) is 0 Å². The van der Waals surface area contributed by atoms with Crippen LogP contribution in [0, 0.1) is 0 Å². The van der Waals surface area contributed by atoms with Crippen LogP contribution in [0.3, 0.4) is 0 Å². The van der Waals surface area contributed by atoms with Crippen molar-refractivity contribution in [3.05, 3.63) is 51.7 Å². The molecule has 0 amide bonds. The molecule has 0 bridgehead atoms. The summed E-state index contributed by atoms with van der Waals surface area (Å²) in [5, 5.41) is 11.3. The van der Waals surface area contributed by atoms with Crippen LogP contribution in [0.1, 0.15) is 20.8 Å². The van der Waals surface area contributed by atoms with Crippen LogP contribution in [0.5, 0.6) is 5.75 Å². The number of carboxylic acids is 1. The molecule has 0 saturated heterocycles. The van der Waals surface area contributed by atoms with E-state index in [-0.39, 0.29) is 18.0 Å².